The molecule has 0 aliphatic heterocycles. The van der Waals surface area contributed by atoms with Crippen LogP contribution in [0.1, 0.15) is 26.2 Å². The van der Waals surface area contributed by atoms with Crippen molar-refractivity contribution >= 4 is 5.97 Å². The standard InChI is InChI=1S/C11H16O2/c1-3-9(10-7-8-10)5-4-6-11(12)13-2/h3-4,6,10H,5,7-8H2,1-2H3/b6-4+,9-3+. The molecule has 0 N–H and O–H groups in total. The molecule has 0 spiro atoms. The van der Waals surface area contributed by atoms with Crippen LogP contribution in [0.5, 0.6) is 0 Å². The van der Waals surface area contributed by atoms with Crippen molar-refractivity contribution in [1.29, 1.82) is 0 Å². The van der Waals surface area contributed by atoms with E-state index < -0.39 is 0 Å². The highest BCUT2D eigenvalue weighted by Crippen LogP contribution is 2.37. The molecule has 2 heteroatoms. The van der Waals surface area contributed by atoms with Gasteiger partial charge in [-0.2, -0.15) is 0 Å². The molecule has 0 saturated heterocycles. The molecule has 72 valence electrons. The lowest BCUT2D eigenvalue weighted by atomic mass is 10.1. The van der Waals surface area contributed by atoms with E-state index in [-0.39, 0.29) is 5.97 Å². The molecule has 1 aliphatic carbocycles. The molecule has 13 heavy (non-hydrogen) atoms. The van der Waals surface area contributed by atoms with Gasteiger partial charge in [0, 0.05) is 6.08 Å². The first-order valence-corrected chi connectivity index (χ1v) is 4.67. The molecular weight excluding hydrogens is 164 g/mol. The van der Waals surface area contributed by atoms with Gasteiger partial charge in [-0.05, 0) is 32.1 Å². The van der Waals surface area contributed by atoms with Crippen molar-refractivity contribution in [1.82, 2.24) is 0 Å². The van der Waals surface area contributed by atoms with E-state index >= 15 is 0 Å². The number of hydrogen-bond acceptors (Lipinski definition) is 2. The van der Waals surface area contributed by atoms with E-state index in [9.17, 15) is 4.79 Å². The molecular formula is C11H16O2. The van der Waals surface area contributed by atoms with Gasteiger partial charge in [-0.15, -0.1) is 0 Å². The van der Waals surface area contributed by atoms with Gasteiger partial charge in [-0.3, -0.25) is 0 Å². The minimum atomic E-state index is -0.272. The van der Waals surface area contributed by atoms with Gasteiger partial charge in [0.15, 0.2) is 0 Å². The molecule has 0 amide bonds. The third-order valence-corrected chi connectivity index (χ3v) is 2.28. The first kappa shape index (κ1) is 10.0. The molecule has 1 aliphatic rings. The van der Waals surface area contributed by atoms with E-state index in [1.807, 2.05) is 6.08 Å². The van der Waals surface area contributed by atoms with Crippen LogP contribution in [0.3, 0.4) is 0 Å². The Bertz CT molecular complexity index is 234. The van der Waals surface area contributed by atoms with E-state index in [1.165, 1.54) is 31.6 Å². The summed E-state index contributed by atoms with van der Waals surface area (Å²) in [5.41, 5.74) is 1.44. The van der Waals surface area contributed by atoms with E-state index in [0.29, 0.717) is 0 Å². The highest BCUT2D eigenvalue weighted by atomic mass is 16.5. The summed E-state index contributed by atoms with van der Waals surface area (Å²) in [7, 11) is 1.39. The maximum Gasteiger partial charge on any atom is 0.330 e. The van der Waals surface area contributed by atoms with Crippen LogP contribution in [-0.2, 0) is 9.53 Å². The number of ether oxygens (including phenoxy) is 1. The Morgan fingerprint density at radius 1 is 1.54 bits per heavy atom. The Morgan fingerprint density at radius 3 is 2.69 bits per heavy atom. The van der Waals surface area contributed by atoms with Gasteiger partial charge in [-0.25, -0.2) is 4.79 Å². The maximum absolute atomic E-state index is 10.7. The zero-order valence-electron chi connectivity index (χ0n) is 8.25. The van der Waals surface area contributed by atoms with Gasteiger partial charge in [0.05, 0.1) is 7.11 Å². The second-order valence-electron chi connectivity index (χ2n) is 3.27. The zero-order chi connectivity index (χ0) is 9.68. The molecule has 0 radical (unpaired) electrons. The predicted molar refractivity (Wildman–Crippen MR) is 52.3 cm³/mol. The molecule has 0 aromatic rings. The highest BCUT2D eigenvalue weighted by Gasteiger charge is 2.24. The normalized spacial score (nSPS) is 17.8. The zero-order valence-corrected chi connectivity index (χ0v) is 8.25. The summed E-state index contributed by atoms with van der Waals surface area (Å²) in [6, 6.07) is 0. The van der Waals surface area contributed by atoms with Crippen LogP contribution in [0.25, 0.3) is 0 Å². The fourth-order valence-electron chi connectivity index (χ4n) is 1.33. The van der Waals surface area contributed by atoms with Crippen molar-refractivity contribution in [2.75, 3.05) is 7.11 Å². The number of hydrogen-bond donors (Lipinski definition) is 0. The summed E-state index contributed by atoms with van der Waals surface area (Å²) >= 11 is 0. The van der Waals surface area contributed by atoms with Gasteiger partial charge in [0.25, 0.3) is 0 Å². The van der Waals surface area contributed by atoms with Crippen molar-refractivity contribution in [3.63, 3.8) is 0 Å². The number of methoxy groups -OCH3 is 1. The average molecular weight is 180 g/mol. The topological polar surface area (TPSA) is 26.3 Å². The van der Waals surface area contributed by atoms with Crippen LogP contribution >= 0.6 is 0 Å². The van der Waals surface area contributed by atoms with Crippen LogP contribution in [0, 0.1) is 5.92 Å². The first-order valence-electron chi connectivity index (χ1n) is 4.67. The van der Waals surface area contributed by atoms with E-state index in [1.54, 1.807) is 0 Å². The minimum Gasteiger partial charge on any atom is -0.466 e. The smallest absolute Gasteiger partial charge is 0.330 e. The molecule has 1 rings (SSSR count). The quantitative estimate of drug-likeness (QED) is 0.377. The van der Waals surface area contributed by atoms with Crippen molar-refractivity contribution in [3.8, 4) is 0 Å². The molecule has 0 bridgehead atoms. The number of esters is 1. The Balaban J connectivity index is 2.31. The Labute approximate surface area is 79.3 Å². The molecule has 1 saturated carbocycles. The molecule has 0 aromatic heterocycles. The summed E-state index contributed by atoms with van der Waals surface area (Å²) in [5, 5.41) is 0. The molecule has 0 unspecified atom stereocenters. The Morgan fingerprint density at radius 2 is 2.23 bits per heavy atom. The van der Waals surface area contributed by atoms with Gasteiger partial charge in [0.1, 0.15) is 0 Å². The maximum atomic E-state index is 10.7. The SMILES string of the molecule is C/C=C(\C/C=C/C(=O)OC)C1CC1. The summed E-state index contributed by atoms with van der Waals surface area (Å²) in [6.45, 7) is 2.06. The van der Waals surface area contributed by atoms with Crippen molar-refractivity contribution in [2.45, 2.75) is 26.2 Å². The number of rotatable bonds is 4. The second-order valence-corrected chi connectivity index (χ2v) is 3.27. The van der Waals surface area contributed by atoms with Crippen LogP contribution in [0.4, 0.5) is 0 Å². The Kier molecular flexibility index (Phi) is 3.74. The van der Waals surface area contributed by atoms with Gasteiger partial charge in [0.2, 0.25) is 0 Å². The molecule has 2 nitrogen and oxygen atoms in total. The van der Waals surface area contributed by atoms with Gasteiger partial charge in [-0.1, -0.05) is 17.7 Å². The van der Waals surface area contributed by atoms with Crippen LogP contribution in [0.15, 0.2) is 23.8 Å². The van der Waals surface area contributed by atoms with Crippen LogP contribution in [0.2, 0.25) is 0 Å². The average Bonchev–Trinajstić information content (AvgIpc) is 2.95. The van der Waals surface area contributed by atoms with Gasteiger partial charge >= 0.3 is 5.97 Å². The lowest BCUT2D eigenvalue weighted by Gasteiger charge is -1.99. The third kappa shape index (κ3) is 3.45. The first-order chi connectivity index (χ1) is 6.27. The summed E-state index contributed by atoms with van der Waals surface area (Å²) in [4.78, 5) is 10.7. The number of allylic oxidation sites excluding steroid dienone is 3. The third-order valence-electron chi connectivity index (χ3n) is 2.28. The van der Waals surface area contributed by atoms with E-state index in [0.717, 1.165) is 12.3 Å². The predicted octanol–water partition coefficient (Wildman–Crippen LogP) is 2.46. The van der Waals surface area contributed by atoms with Crippen molar-refractivity contribution in [3.05, 3.63) is 23.8 Å². The Hall–Kier alpha value is -1.05. The highest BCUT2D eigenvalue weighted by molar-refractivity contribution is 5.81. The summed E-state index contributed by atoms with van der Waals surface area (Å²) < 4.78 is 4.50. The lowest BCUT2D eigenvalue weighted by Crippen LogP contribution is -1.93. The minimum absolute atomic E-state index is 0.272. The monoisotopic (exact) mass is 180 g/mol. The second kappa shape index (κ2) is 4.85. The van der Waals surface area contributed by atoms with Crippen molar-refractivity contribution in [2.24, 2.45) is 5.92 Å². The molecule has 0 atom stereocenters. The van der Waals surface area contributed by atoms with Crippen molar-refractivity contribution < 1.29 is 9.53 Å². The number of carbonyl (C=O) groups is 1. The molecule has 0 heterocycles. The lowest BCUT2D eigenvalue weighted by molar-refractivity contribution is -0.134. The fourth-order valence-corrected chi connectivity index (χ4v) is 1.33. The van der Waals surface area contributed by atoms with E-state index in [2.05, 4.69) is 17.7 Å². The summed E-state index contributed by atoms with van der Waals surface area (Å²) in [5.74, 6) is 0.513. The largest absolute Gasteiger partial charge is 0.466 e. The van der Waals surface area contributed by atoms with Crippen LogP contribution in [-0.4, -0.2) is 13.1 Å². The van der Waals surface area contributed by atoms with E-state index in [4.69, 9.17) is 0 Å². The summed E-state index contributed by atoms with van der Waals surface area (Å²) in [6.07, 6.45) is 9.03. The molecule has 0 aromatic carbocycles. The van der Waals surface area contributed by atoms with Crippen LogP contribution < -0.4 is 0 Å². The molecule has 1 fully saturated rings. The fraction of sp³-hybridized carbons (Fsp3) is 0.545. The van der Waals surface area contributed by atoms with Gasteiger partial charge < -0.3 is 4.74 Å². The number of carbonyl (C=O) groups excluding carboxylic acids is 1.